The van der Waals surface area contributed by atoms with Gasteiger partial charge in [0.1, 0.15) is 5.71 Å². The maximum Gasteiger partial charge on any atom is 0.350 e. The summed E-state index contributed by atoms with van der Waals surface area (Å²) in [6.07, 6.45) is 1.09. The third-order valence-electron chi connectivity index (χ3n) is 3.65. The van der Waals surface area contributed by atoms with Crippen LogP contribution in [0.5, 0.6) is 0 Å². The summed E-state index contributed by atoms with van der Waals surface area (Å²) in [7, 11) is 0. The second-order valence-corrected chi connectivity index (χ2v) is 5.07. The number of nitrogens with zero attached hydrogens (tertiary/aromatic N) is 1. The summed E-state index contributed by atoms with van der Waals surface area (Å²) in [6.45, 7) is 1.98. The molecule has 0 aromatic heterocycles. The summed E-state index contributed by atoms with van der Waals surface area (Å²) in [5.74, 6) is -2.86. The zero-order chi connectivity index (χ0) is 15.6. The average Bonchev–Trinajstić information content (AvgIpc) is 2.45. The van der Waals surface area contributed by atoms with Gasteiger partial charge in [-0.3, -0.25) is 0 Å². The molecule has 1 heterocycles. The van der Waals surface area contributed by atoms with Crippen molar-refractivity contribution < 1.29 is 24.9 Å². The molecule has 0 amide bonds. The highest BCUT2D eigenvalue weighted by Gasteiger charge is 2.35. The van der Waals surface area contributed by atoms with Crippen LogP contribution in [0, 0.1) is 5.92 Å². The van der Waals surface area contributed by atoms with E-state index in [-0.39, 0.29) is 11.3 Å². The Hall–Kier alpha value is -2.21. The van der Waals surface area contributed by atoms with Crippen LogP contribution in [0.15, 0.2) is 23.2 Å². The van der Waals surface area contributed by atoms with Crippen LogP contribution in [-0.4, -0.2) is 33.0 Å². The number of carboxylic acid groups (broad SMARTS) is 2. The molecule has 2 rings (SSSR count). The molecule has 0 radical (unpaired) electrons. The number of rotatable bonds is 5. The van der Waals surface area contributed by atoms with Crippen molar-refractivity contribution in [3.05, 3.63) is 29.3 Å². The van der Waals surface area contributed by atoms with Crippen LogP contribution in [0.2, 0.25) is 0 Å². The third kappa shape index (κ3) is 2.95. The van der Waals surface area contributed by atoms with Crippen molar-refractivity contribution in [2.24, 2.45) is 10.9 Å². The molecule has 1 aliphatic rings. The van der Waals surface area contributed by atoms with Crippen molar-refractivity contribution in [2.45, 2.75) is 32.3 Å². The fraction of sp³-hybridized carbons (Fsp3) is 0.400. The summed E-state index contributed by atoms with van der Waals surface area (Å²) >= 11 is 0. The van der Waals surface area contributed by atoms with Crippen LogP contribution in [0.4, 0.5) is 5.69 Å². The zero-order valence-electron chi connectivity index (χ0n) is 11.6. The first-order chi connectivity index (χ1) is 9.95. The van der Waals surface area contributed by atoms with E-state index in [9.17, 15) is 19.8 Å². The Bertz CT molecular complexity index is 608. The Morgan fingerprint density at radius 3 is 2.52 bits per heavy atom. The second kappa shape index (κ2) is 6.05. The number of carboxylic acids is 2. The number of benzene rings is 1. The molecule has 0 saturated carbocycles. The Balaban J connectivity index is 2.48. The van der Waals surface area contributed by atoms with Crippen molar-refractivity contribution >= 4 is 23.3 Å². The number of carbonyl (C=O) groups is 2. The molecule has 0 bridgehead atoms. The molecular formula is C15H17NO5. The zero-order valence-corrected chi connectivity index (χ0v) is 11.6. The van der Waals surface area contributed by atoms with Crippen LogP contribution in [0.3, 0.4) is 0 Å². The van der Waals surface area contributed by atoms with Gasteiger partial charge in [-0.05, 0) is 24.6 Å². The molecule has 1 aromatic carbocycles. The first-order valence-corrected chi connectivity index (χ1v) is 6.82. The van der Waals surface area contributed by atoms with Crippen LogP contribution < -0.4 is 0 Å². The summed E-state index contributed by atoms with van der Waals surface area (Å²) < 4.78 is 0. The van der Waals surface area contributed by atoms with E-state index in [0.29, 0.717) is 17.7 Å². The first kappa shape index (κ1) is 15.2. The Morgan fingerprint density at radius 1 is 1.24 bits per heavy atom. The second-order valence-electron chi connectivity index (χ2n) is 5.07. The van der Waals surface area contributed by atoms with Gasteiger partial charge < -0.3 is 15.3 Å². The van der Waals surface area contributed by atoms with Gasteiger partial charge in [-0.25, -0.2) is 14.6 Å². The number of aliphatic hydroxyl groups is 1. The van der Waals surface area contributed by atoms with Gasteiger partial charge in [0, 0.05) is 11.5 Å². The van der Waals surface area contributed by atoms with Gasteiger partial charge in [0.05, 0.1) is 17.4 Å². The number of aliphatic carboxylic acids is 1. The fourth-order valence-electron chi connectivity index (χ4n) is 2.53. The molecule has 2 unspecified atom stereocenters. The molecular weight excluding hydrogens is 274 g/mol. The van der Waals surface area contributed by atoms with Gasteiger partial charge in [0.15, 0.2) is 0 Å². The highest BCUT2D eigenvalue weighted by atomic mass is 16.4. The van der Waals surface area contributed by atoms with Crippen molar-refractivity contribution in [2.75, 3.05) is 0 Å². The molecule has 0 saturated heterocycles. The van der Waals surface area contributed by atoms with Crippen LogP contribution in [0.25, 0.3) is 0 Å². The smallest absolute Gasteiger partial charge is 0.350 e. The molecule has 6 heteroatoms. The lowest BCUT2D eigenvalue weighted by atomic mass is 9.83. The molecule has 0 aliphatic carbocycles. The number of aliphatic hydroxyl groups excluding tert-OH is 1. The lowest BCUT2D eigenvalue weighted by Crippen LogP contribution is -2.31. The monoisotopic (exact) mass is 291 g/mol. The average molecular weight is 291 g/mol. The van der Waals surface area contributed by atoms with Crippen molar-refractivity contribution in [3.63, 3.8) is 0 Å². The Kier molecular flexibility index (Phi) is 4.37. The number of hydrogen-bond donors (Lipinski definition) is 3. The molecule has 1 aromatic rings. The number of hydrogen-bond acceptors (Lipinski definition) is 4. The van der Waals surface area contributed by atoms with E-state index in [4.69, 9.17) is 5.11 Å². The minimum absolute atomic E-state index is 0.0519. The fourth-order valence-corrected chi connectivity index (χ4v) is 2.53. The lowest BCUT2D eigenvalue weighted by molar-refractivity contribution is -0.130. The minimum atomic E-state index is -1.15. The standard InChI is InChI=1S/C15H17NO5/c1-2-3-4-9-12(15(20)21)16-11-6-5-8(14(18)19)7-10(11)13(9)17/h5-7,9,13,17H,2-4H2,1H3,(H,18,19)(H,20,21). The molecule has 1 aliphatic heterocycles. The summed E-state index contributed by atoms with van der Waals surface area (Å²) in [6, 6.07) is 4.15. The summed E-state index contributed by atoms with van der Waals surface area (Å²) in [5.41, 5.74) is 0.682. The number of aliphatic imine (C=N–C) groups is 1. The van der Waals surface area contributed by atoms with E-state index in [1.807, 2.05) is 6.92 Å². The maximum atomic E-state index is 11.3. The van der Waals surface area contributed by atoms with Crippen molar-refractivity contribution in [3.8, 4) is 0 Å². The topological polar surface area (TPSA) is 107 Å². The van der Waals surface area contributed by atoms with E-state index in [1.165, 1.54) is 18.2 Å². The molecule has 0 fully saturated rings. The molecule has 6 nitrogen and oxygen atoms in total. The van der Waals surface area contributed by atoms with E-state index in [1.54, 1.807) is 0 Å². The predicted molar refractivity (Wildman–Crippen MR) is 76.1 cm³/mol. The quantitative estimate of drug-likeness (QED) is 0.772. The minimum Gasteiger partial charge on any atom is -0.478 e. The van der Waals surface area contributed by atoms with E-state index in [0.717, 1.165) is 12.8 Å². The number of aromatic carboxylic acids is 1. The van der Waals surface area contributed by atoms with E-state index in [2.05, 4.69) is 4.99 Å². The van der Waals surface area contributed by atoms with Gasteiger partial charge in [-0.15, -0.1) is 0 Å². The Labute approximate surface area is 121 Å². The normalized spacial score (nSPS) is 20.6. The highest BCUT2D eigenvalue weighted by Crippen LogP contribution is 2.39. The van der Waals surface area contributed by atoms with Crippen molar-refractivity contribution in [1.29, 1.82) is 0 Å². The molecule has 112 valence electrons. The lowest BCUT2D eigenvalue weighted by Gasteiger charge is -2.28. The molecule has 21 heavy (non-hydrogen) atoms. The number of fused-ring (bicyclic) bond motifs is 1. The van der Waals surface area contributed by atoms with Gasteiger partial charge in [0.25, 0.3) is 0 Å². The largest absolute Gasteiger partial charge is 0.478 e. The van der Waals surface area contributed by atoms with Crippen LogP contribution >= 0.6 is 0 Å². The van der Waals surface area contributed by atoms with Crippen LogP contribution in [-0.2, 0) is 4.79 Å². The van der Waals surface area contributed by atoms with Gasteiger partial charge in [-0.1, -0.05) is 19.8 Å². The third-order valence-corrected chi connectivity index (χ3v) is 3.65. The highest BCUT2D eigenvalue weighted by molar-refractivity contribution is 6.37. The Morgan fingerprint density at radius 2 is 1.95 bits per heavy atom. The molecule has 3 N–H and O–H groups in total. The predicted octanol–water partition coefficient (Wildman–Crippen LogP) is 2.40. The van der Waals surface area contributed by atoms with Crippen molar-refractivity contribution in [1.82, 2.24) is 0 Å². The van der Waals surface area contributed by atoms with Gasteiger partial charge in [-0.2, -0.15) is 0 Å². The summed E-state index contributed by atoms with van der Waals surface area (Å²) in [4.78, 5) is 26.4. The van der Waals surface area contributed by atoms with Gasteiger partial charge in [0.2, 0.25) is 0 Å². The van der Waals surface area contributed by atoms with E-state index >= 15 is 0 Å². The van der Waals surface area contributed by atoms with E-state index < -0.39 is 24.0 Å². The summed E-state index contributed by atoms with van der Waals surface area (Å²) in [5, 5.41) is 28.7. The molecule has 2 atom stereocenters. The molecule has 0 spiro atoms. The number of unbranched alkanes of at least 4 members (excludes halogenated alkanes) is 1. The van der Waals surface area contributed by atoms with Gasteiger partial charge >= 0.3 is 11.9 Å². The van der Waals surface area contributed by atoms with Crippen LogP contribution in [0.1, 0.15) is 48.2 Å². The first-order valence-electron chi connectivity index (χ1n) is 6.82. The SMILES string of the molecule is CCCCC1C(C(=O)O)=Nc2ccc(C(=O)O)cc2C1O. The maximum absolute atomic E-state index is 11.3.